The van der Waals surface area contributed by atoms with Crippen LogP contribution in [-0.2, 0) is 0 Å². The van der Waals surface area contributed by atoms with Crippen molar-refractivity contribution in [2.75, 3.05) is 13.1 Å². The lowest BCUT2D eigenvalue weighted by atomic mass is 9.84. The van der Waals surface area contributed by atoms with E-state index in [0.717, 1.165) is 18.4 Å². The molecule has 1 rings (SSSR count). The van der Waals surface area contributed by atoms with Gasteiger partial charge in [-0.25, -0.2) is 0 Å². The van der Waals surface area contributed by atoms with Gasteiger partial charge in [-0.05, 0) is 50.9 Å². The van der Waals surface area contributed by atoms with Crippen LogP contribution in [0.4, 0.5) is 0 Å². The Morgan fingerprint density at radius 1 is 1.05 bits per heavy atom. The van der Waals surface area contributed by atoms with Crippen molar-refractivity contribution in [2.24, 2.45) is 23.5 Å². The van der Waals surface area contributed by atoms with Gasteiger partial charge in [0.15, 0.2) is 0 Å². The molecule has 2 nitrogen and oxygen atoms in total. The Morgan fingerprint density at radius 2 is 1.70 bits per heavy atom. The molecule has 0 amide bonds. The molecule has 0 aromatic carbocycles. The van der Waals surface area contributed by atoms with Crippen LogP contribution < -0.4 is 5.73 Å². The van der Waals surface area contributed by atoms with Crippen molar-refractivity contribution in [3.63, 3.8) is 0 Å². The minimum atomic E-state index is 0.252. The minimum Gasteiger partial charge on any atom is -0.329 e. The standard InChI is InChI=1S/C18H38N2/c1-14(2)12-20(16(5)6)18(13-19)10-7-8-17(9-11-18)15(3)4/h14-17H,7-13,19H2,1-6H3. The van der Waals surface area contributed by atoms with E-state index in [1.165, 1.54) is 38.6 Å². The summed E-state index contributed by atoms with van der Waals surface area (Å²) < 4.78 is 0. The van der Waals surface area contributed by atoms with Crippen LogP contribution in [0.3, 0.4) is 0 Å². The molecular weight excluding hydrogens is 244 g/mol. The molecule has 0 heterocycles. The molecule has 1 fully saturated rings. The molecule has 2 atom stereocenters. The first-order chi connectivity index (χ1) is 9.32. The third-order valence-corrected chi connectivity index (χ3v) is 5.31. The largest absolute Gasteiger partial charge is 0.329 e. The second kappa shape index (κ2) is 7.79. The molecule has 1 aliphatic carbocycles. The monoisotopic (exact) mass is 282 g/mol. The van der Waals surface area contributed by atoms with E-state index in [2.05, 4.69) is 46.4 Å². The van der Waals surface area contributed by atoms with Crippen molar-refractivity contribution in [1.82, 2.24) is 4.90 Å². The van der Waals surface area contributed by atoms with Crippen LogP contribution in [0.25, 0.3) is 0 Å². The predicted molar refractivity (Wildman–Crippen MR) is 89.9 cm³/mol. The molecule has 0 aromatic heterocycles. The lowest BCUT2D eigenvalue weighted by Gasteiger charge is -2.47. The van der Waals surface area contributed by atoms with Gasteiger partial charge in [0.25, 0.3) is 0 Å². The molecule has 0 aromatic rings. The van der Waals surface area contributed by atoms with Crippen molar-refractivity contribution in [3.05, 3.63) is 0 Å². The summed E-state index contributed by atoms with van der Waals surface area (Å²) in [6, 6.07) is 0.594. The van der Waals surface area contributed by atoms with Crippen LogP contribution in [0.5, 0.6) is 0 Å². The normalized spacial score (nSPS) is 28.6. The molecule has 1 saturated carbocycles. The molecular formula is C18H38N2. The first-order valence-corrected chi connectivity index (χ1v) is 8.79. The smallest absolute Gasteiger partial charge is 0.0334 e. The molecule has 1 aliphatic rings. The Morgan fingerprint density at radius 3 is 2.15 bits per heavy atom. The summed E-state index contributed by atoms with van der Waals surface area (Å²) in [5.74, 6) is 2.43. The van der Waals surface area contributed by atoms with Crippen LogP contribution in [-0.4, -0.2) is 29.6 Å². The summed E-state index contributed by atoms with van der Waals surface area (Å²) >= 11 is 0. The van der Waals surface area contributed by atoms with Crippen LogP contribution in [0.2, 0.25) is 0 Å². The summed E-state index contributed by atoms with van der Waals surface area (Å²) in [5.41, 5.74) is 6.55. The fourth-order valence-electron chi connectivity index (χ4n) is 4.04. The van der Waals surface area contributed by atoms with Gasteiger partial charge in [0.05, 0.1) is 0 Å². The van der Waals surface area contributed by atoms with E-state index in [0.29, 0.717) is 12.0 Å². The van der Waals surface area contributed by atoms with Gasteiger partial charge >= 0.3 is 0 Å². The number of nitrogens with zero attached hydrogens (tertiary/aromatic N) is 1. The molecule has 20 heavy (non-hydrogen) atoms. The Balaban J connectivity index is 2.88. The van der Waals surface area contributed by atoms with Crippen molar-refractivity contribution in [2.45, 2.75) is 85.2 Å². The Kier molecular flexibility index (Phi) is 7.00. The first-order valence-electron chi connectivity index (χ1n) is 8.79. The first kappa shape index (κ1) is 18.0. The van der Waals surface area contributed by atoms with E-state index in [4.69, 9.17) is 5.73 Å². The van der Waals surface area contributed by atoms with Crippen LogP contribution in [0.15, 0.2) is 0 Å². The molecule has 2 N–H and O–H groups in total. The number of rotatable bonds is 6. The highest BCUT2D eigenvalue weighted by molar-refractivity contribution is 4.96. The molecule has 0 radical (unpaired) electrons. The van der Waals surface area contributed by atoms with Crippen molar-refractivity contribution < 1.29 is 0 Å². The zero-order valence-corrected chi connectivity index (χ0v) is 14.8. The average molecular weight is 283 g/mol. The quantitative estimate of drug-likeness (QED) is 0.737. The summed E-state index contributed by atoms with van der Waals surface area (Å²) in [4.78, 5) is 2.72. The summed E-state index contributed by atoms with van der Waals surface area (Å²) in [5, 5.41) is 0. The van der Waals surface area contributed by atoms with Crippen LogP contribution in [0.1, 0.15) is 73.6 Å². The van der Waals surface area contributed by atoms with E-state index in [-0.39, 0.29) is 5.54 Å². The van der Waals surface area contributed by atoms with E-state index < -0.39 is 0 Å². The van der Waals surface area contributed by atoms with Crippen molar-refractivity contribution >= 4 is 0 Å². The van der Waals surface area contributed by atoms with E-state index in [1.54, 1.807) is 0 Å². The van der Waals surface area contributed by atoms with Gasteiger partial charge in [0, 0.05) is 24.7 Å². The molecule has 2 heteroatoms. The Bertz CT molecular complexity index is 273. The van der Waals surface area contributed by atoms with Crippen LogP contribution >= 0.6 is 0 Å². The Hall–Kier alpha value is -0.0800. The number of hydrogen-bond acceptors (Lipinski definition) is 2. The molecule has 120 valence electrons. The summed E-state index contributed by atoms with van der Waals surface area (Å²) in [7, 11) is 0. The van der Waals surface area contributed by atoms with Gasteiger partial charge < -0.3 is 5.73 Å². The Labute approximate surface area is 127 Å². The fourth-order valence-corrected chi connectivity index (χ4v) is 4.04. The van der Waals surface area contributed by atoms with Crippen LogP contribution in [0, 0.1) is 17.8 Å². The third kappa shape index (κ3) is 4.46. The number of hydrogen-bond donors (Lipinski definition) is 1. The molecule has 0 spiro atoms. The second-order valence-electron chi connectivity index (χ2n) is 8.00. The average Bonchev–Trinajstić information content (AvgIpc) is 2.58. The summed E-state index contributed by atoms with van der Waals surface area (Å²) in [6.07, 6.45) is 6.68. The predicted octanol–water partition coefficient (Wildman–Crippen LogP) is 4.29. The minimum absolute atomic E-state index is 0.252. The SMILES string of the molecule is CC(C)CN(C(C)C)C1(CN)CCCC(C(C)C)CC1. The van der Waals surface area contributed by atoms with Crippen molar-refractivity contribution in [1.29, 1.82) is 0 Å². The maximum atomic E-state index is 6.30. The molecule has 2 unspecified atom stereocenters. The van der Waals surface area contributed by atoms with Gasteiger partial charge in [-0.15, -0.1) is 0 Å². The van der Waals surface area contributed by atoms with Gasteiger partial charge in [-0.1, -0.05) is 40.5 Å². The lowest BCUT2D eigenvalue weighted by Crippen LogP contribution is -2.57. The highest BCUT2D eigenvalue weighted by atomic mass is 15.2. The van der Waals surface area contributed by atoms with Gasteiger partial charge in [0.1, 0.15) is 0 Å². The lowest BCUT2D eigenvalue weighted by molar-refractivity contribution is 0.0355. The zero-order valence-electron chi connectivity index (χ0n) is 14.8. The number of nitrogens with two attached hydrogens (primary N) is 1. The maximum Gasteiger partial charge on any atom is 0.0334 e. The van der Waals surface area contributed by atoms with Gasteiger partial charge in [-0.3, -0.25) is 4.90 Å². The fraction of sp³-hybridized carbons (Fsp3) is 1.00. The summed E-state index contributed by atoms with van der Waals surface area (Å²) in [6.45, 7) is 16.1. The van der Waals surface area contributed by atoms with E-state index >= 15 is 0 Å². The van der Waals surface area contributed by atoms with Gasteiger partial charge in [0.2, 0.25) is 0 Å². The van der Waals surface area contributed by atoms with Crippen molar-refractivity contribution in [3.8, 4) is 0 Å². The zero-order chi connectivity index (χ0) is 15.3. The molecule has 0 aliphatic heterocycles. The second-order valence-corrected chi connectivity index (χ2v) is 8.00. The van der Waals surface area contributed by atoms with Gasteiger partial charge in [-0.2, -0.15) is 0 Å². The molecule has 0 bridgehead atoms. The third-order valence-electron chi connectivity index (χ3n) is 5.31. The topological polar surface area (TPSA) is 29.3 Å². The van der Waals surface area contributed by atoms with E-state index in [1.807, 2.05) is 0 Å². The molecule has 0 saturated heterocycles. The maximum absolute atomic E-state index is 6.30. The van der Waals surface area contributed by atoms with E-state index in [9.17, 15) is 0 Å². The highest BCUT2D eigenvalue weighted by Crippen LogP contribution is 2.38. The highest BCUT2D eigenvalue weighted by Gasteiger charge is 2.39.